The first-order valence-electron chi connectivity index (χ1n) is 7.20. The molecule has 1 aliphatic heterocycles. The summed E-state index contributed by atoms with van der Waals surface area (Å²) < 4.78 is 0. The van der Waals surface area contributed by atoms with Crippen LogP contribution in [-0.2, 0) is 0 Å². The maximum absolute atomic E-state index is 10.1. The molecule has 2 nitrogen and oxygen atoms in total. The van der Waals surface area contributed by atoms with Gasteiger partial charge in [-0.3, -0.25) is 0 Å². The van der Waals surface area contributed by atoms with Crippen LogP contribution in [-0.4, -0.2) is 35.7 Å². The second-order valence-corrected chi connectivity index (χ2v) is 5.80. The minimum atomic E-state index is -0.0197. The molecule has 16 heavy (non-hydrogen) atoms. The molecule has 0 bridgehead atoms. The highest BCUT2D eigenvalue weighted by atomic mass is 16.3. The summed E-state index contributed by atoms with van der Waals surface area (Å²) in [5.41, 5.74) is 0. The molecule has 94 valence electrons. The molecule has 1 saturated carbocycles. The summed E-state index contributed by atoms with van der Waals surface area (Å²) >= 11 is 0. The van der Waals surface area contributed by atoms with Crippen molar-refractivity contribution in [3.63, 3.8) is 0 Å². The predicted octanol–water partition coefficient (Wildman–Crippen LogP) is 2.66. The SMILES string of the molecule is CCCC1CCC(O)C(CN2CCCC2)C1. The lowest BCUT2D eigenvalue weighted by molar-refractivity contribution is 0.0296. The van der Waals surface area contributed by atoms with Gasteiger partial charge in [-0.1, -0.05) is 19.8 Å². The first-order valence-corrected chi connectivity index (χ1v) is 7.20. The molecule has 2 fully saturated rings. The molecule has 0 aromatic heterocycles. The largest absolute Gasteiger partial charge is 0.393 e. The van der Waals surface area contributed by atoms with Gasteiger partial charge < -0.3 is 10.0 Å². The molecule has 1 heterocycles. The van der Waals surface area contributed by atoms with Crippen LogP contribution in [0.4, 0.5) is 0 Å². The third-order valence-corrected chi connectivity index (χ3v) is 4.44. The second kappa shape index (κ2) is 6.02. The fraction of sp³-hybridized carbons (Fsp3) is 1.00. The molecule has 0 aromatic carbocycles. The van der Waals surface area contributed by atoms with Crippen LogP contribution in [0.1, 0.15) is 51.9 Å². The van der Waals surface area contributed by atoms with Crippen molar-refractivity contribution < 1.29 is 5.11 Å². The first kappa shape index (κ1) is 12.4. The number of aliphatic hydroxyl groups excluding tert-OH is 1. The monoisotopic (exact) mass is 225 g/mol. The highest BCUT2D eigenvalue weighted by molar-refractivity contribution is 4.83. The van der Waals surface area contributed by atoms with E-state index in [2.05, 4.69) is 11.8 Å². The molecule has 0 spiro atoms. The third kappa shape index (κ3) is 3.21. The van der Waals surface area contributed by atoms with Gasteiger partial charge in [0.1, 0.15) is 0 Å². The van der Waals surface area contributed by atoms with Crippen molar-refractivity contribution in [1.82, 2.24) is 4.90 Å². The Hall–Kier alpha value is -0.0800. The zero-order chi connectivity index (χ0) is 11.4. The van der Waals surface area contributed by atoms with E-state index < -0.39 is 0 Å². The summed E-state index contributed by atoms with van der Waals surface area (Å²) in [7, 11) is 0. The van der Waals surface area contributed by atoms with Gasteiger partial charge in [0.25, 0.3) is 0 Å². The van der Waals surface area contributed by atoms with Gasteiger partial charge in [0.15, 0.2) is 0 Å². The van der Waals surface area contributed by atoms with Gasteiger partial charge in [-0.15, -0.1) is 0 Å². The van der Waals surface area contributed by atoms with E-state index in [-0.39, 0.29) is 6.10 Å². The number of likely N-dealkylation sites (tertiary alicyclic amines) is 1. The molecule has 2 heteroatoms. The normalized spacial score (nSPS) is 36.8. The van der Waals surface area contributed by atoms with Crippen LogP contribution < -0.4 is 0 Å². The topological polar surface area (TPSA) is 23.5 Å². The van der Waals surface area contributed by atoms with Crippen molar-refractivity contribution in [1.29, 1.82) is 0 Å². The van der Waals surface area contributed by atoms with E-state index in [9.17, 15) is 5.11 Å². The number of nitrogens with zero attached hydrogens (tertiary/aromatic N) is 1. The summed E-state index contributed by atoms with van der Waals surface area (Å²) in [6.07, 6.45) is 8.94. The Labute approximate surface area is 100 Å². The van der Waals surface area contributed by atoms with Gasteiger partial charge in [-0.05, 0) is 57.0 Å². The zero-order valence-corrected chi connectivity index (χ0v) is 10.7. The minimum Gasteiger partial charge on any atom is -0.393 e. The summed E-state index contributed by atoms with van der Waals surface area (Å²) in [6.45, 7) is 5.96. The van der Waals surface area contributed by atoms with Gasteiger partial charge in [-0.25, -0.2) is 0 Å². The van der Waals surface area contributed by atoms with Crippen molar-refractivity contribution >= 4 is 0 Å². The third-order valence-electron chi connectivity index (χ3n) is 4.44. The number of rotatable bonds is 4. The Bertz CT molecular complexity index is 201. The fourth-order valence-corrected chi connectivity index (χ4v) is 3.51. The Balaban J connectivity index is 1.80. The maximum Gasteiger partial charge on any atom is 0.0580 e. The molecule has 0 amide bonds. The molecule has 1 N–H and O–H groups in total. The molecular weight excluding hydrogens is 198 g/mol. The first-order chi connectivity index (χ1) is 7.79. The van der Waals surface area contributed by atoms with Crippen molar-refractivity contribution in [3.8, 4) is 0 Å². The zero-order valence-electron chi connectivity index (χ0n) is 10.7. The average molecular weight is 225 g/mol. The van der Waals surface area contributed by atoms with E-state index in [0.717, 1.165) is 18.9 Å². The Morgan fingerprint density at radius 3 is 2.62 bits per heavy atom. The number of hydrogen-bond donors (Lipinski definition) is 1. The lowest BCUT2D eigenvalue weighted by atomic mass is 9.77. The van der Waals surface area contributed by atoms with Crippen LogP contribution in [0.5, 0.6) is 0 Å². The standard InChI is InChI=1S/C14H27NO/c1-2-5-12-6-7-14(16)13(10-12)11-15-8-3-4-9-15/h12-14,16H,2-11H2,1H3. The van der Waals surface area contributed by atoms with E-state index in [1.165, 1.54) is 51.6 Å². The van der Waals surface area contributed by atoms with Crippen LogP contribution in [0.3, 0.4) is 0 Å². The van der Waals surface area contributed by atoms with E-state index in [1.807, 2.05) is 0 Å². The lowest BCUT2D eigenvalue weighted by Gasteiger charge is -2.35. The van der Waals surface area contributed by atoms with Gasteiger partial charge in [0.05, 0.1) is 6.10 Å². The Morgan fingerprint density at radius 2 is 1.94 bits per heavy atom. The van der Waals surface area contributed by atoms with Gasteiger partial charge in [-0.2, -0.15) is 0 Å². The molecule has 2 aliphatic rings. The summed E-state index contributed by atoms with van der Waals surface area (Å²) in [5.74, 6) is 1.45. The molecule has 0 radical (unpaired) electrons. The second-order valence-electron chi connectivity index (χ2n) is 5.80. The molecule has 2 rings (SSSR count). The average Bonchev–Trinajstić information content (AvgIpc) is 2.76. The van der Waals surface area contributed by atoms with E-state index in [4.69, 9.17) is 0 Å². The minimum absolute atomic E-state index is 0.0197. The van der Waals surface area contributed by atoms with Gasteiger partial charge >= 0.3 is 0 Å². The van der Waals surface area contributed by atoms with Crippen LogP contribution in [0, 0.1) is 11.8 Å². The molecule has 0 aromatic rings. The Kier molecular flexibility index (Phi) is 4.66. The molecule has 1 aliphatic carbocycles. The smallest absolute Gasteiger partial charge is 0.0580 e. The van der Waals surface area contributed by atoms with Crippen molar-refractivity contribution in [2.45, 2.75) is 58.0 Å². The van der Waals surface area contributed by atoms with Gasteiger partial charge in [0, 0.05) is 6.54 Å². The maximum atomic E-state index is 10.1. The molecular formula is C14H27NO. The van der Waals surface area contributed by atoms with Gasteiger partial charge in [0.2, 0.25) is 0 Å². The number of aliphatic hydroxyl groups is 1. The van der Waals surface area contributed by atoms with Crippen LogP contribution in [0.2, 0.25) is 0 Å². The van der Waals surface area contributed by atoms with Crippen molar-refractivity contribution in [3.05, 3.63) is 0 Å². The fourth-order valence-electron chi connectivity index (χ4n) is 3.51. The van der Waals surface area contributed by atoms with Crippen LogP contribution in [0.15, 0.2) is 0 Å². The van der Waals surface area contributed by atoms with E-state index in [1.54, 1.807) is 0 Å². The number of hydrogen-bond acceptors (Lipinski definition) is 2. The molecule has 1 saturated heterocycles. The summed E-state index contributed by atoms with van der Waals surface area (Å²) in [4.78, 5) is 2.56. The highest BCUT2D eigenvalue weighted by Gasteiger charge is 2.30. The van der Waals surface area contributed by atoms with Crippen LogP contribution in [0.25, 0.3) is 0 Å². The Morgan fingerprint density at radius 1 is 1.19 bits per heavy atom. The quantitative estimate of drug-likeness (QED) is 0.795. The summed E-state index contributed by atoms with van der Waals surface area (Å²) in [6, 6.07) is 0. The van der Waals surface area contributed by atoms with Crippen LogP contribution >= 0.6 is 0 Å². The summed E-state index contributed by atoms with van der Waals surface area (Å²) in [5, 5.41) is 10.1. The van der Waals surface area contributed by atoms with E-state index >= 15 is 0 Å². The lowest BCUT2D eigenvalue weighted by Crippen LogP contribution is -2.37. The molecule has 3 unspecified atom stereocenters. The van der Waals surface area contributed by atoms with Crippen molar-refractivity contribution in [2.24, 2.45) is 11.8 Å². The predicted molar refractivity (Wildman–Crippen MR) is 67.4 cm³/mol. The molecule has 3 atom stereocenters. The highest BCUT2D eigenvalue weighted by Crippen LogP contribution is 2.33. The van der Waals surface area contributed by atoms with Crippen molar-refractivity contribution in [2.75, 3.05) is 19.6 Å². The van der Waals surface area contributed by atoms with E-state index in [0.29, 0.717) is 5.92 Å².